The smallest absolute Gasteiger partial charge is 0.141 e. The van der Waals surface area contributed by atoms with E-state index in [1.807, 2.05) is 6.08 Å². The van der Waals surface area contributed by atoms with Crippen molar-refractivity contribution >= 4 is 0 Å². The van der Waals surface area contributed by atoms with Gasteiger partial charge in [0.1, 0.15) is 16.8 Å². The van der Waals surface area contributed by atoms with Crippen molar-refractivity contribution in [3.05, 3.63) is 70.4 Å². The predicted octanol–water partition coefficient (Wildman–Crippen LogP) is 10.2. The molecule has 0 amide bonds. The number of terminal acetylenes is 3. The molecule has 4 atom stereocenters. The van der Waals surface area contributed by atoms with Crippen LogP contribution in [0.25, 0.3) is 0 Å². The van der Waals surface area contributed by atoms with Crippen LogP contribution in [0.5, 0.6) is 0 Å². The molecule has 0 aromatic carbocycles. The summed E-state index contributed by atoms with van der Waals surface area (Å²) in [5, 5.41) is 29.3. The predicted molar refractivity (Wildman–Crippen MR) is 207 cm³/mol. The van der Waals surface area contributed by atoms with E-state index >= 15 is 0 Å². The van der Waals surface area contributed by atoms with E-state index in [1.54, 1.807) is 32.9 Å². The van der Waals surface area contributed by atoms with Gasteiger partial charge in [0.15, 0.2) is 0 Å². The molecule has 0 saturated heterocycles. The minimum atomic E-state index is -1.14. The molecule has 0 heterocycles. The van der Waals surface area contributed by atoms with Crippen molar-refractivity contribution in [1.82, 2.24) is 0 Å². The average Bonchev–Trinajstić information content (AvgIpc) is 2.96. The molecule has 3 aliphatic carbocycles. The Morgan fingerprint density at radius 3 is 1.85 bits per heavy atom. The molecule has 4 unspecified atom stereocenters. The van der Waals surface area contributed by atoms with E-state index in [4.69, 9.17) is 19.3 Å². The lowest BCUT2D eigenvalue weighted by Gasteiger charge is -2.37. The Morgan fingerprint density at radius 2 is 1.35 bits per heavy atom. The zero-order valence-corrected chi connectivity index (χ0v) is 32.3. The van der Waals surface area contributed by atoms with Gasteiger partial charge in [-0.05, 0) is 126 Å². The number of aliphatic hydroxyl groups is 3. The van der Waals surface area contributed by atoms with Crippen molar-refractivity contribution in [2.75, 3.05) is 0 Å². The Labute approximate surface area is 295 Å². The number of allylic oxidation sites excluding steroid dienone is 9. The molecule has 0 aromatic heterocycles. The highest BCUT2D eigenvalue weighted by molar-refractivity contribution is 5.38. The standard InChI is InChI=1S/3C15H22O/c3*1-6-15(5,16)11-9-13-12(2)8-7-10-14(13,3)4/h1,9,11,16H,7-8,10H2,2-5H3;1,8-9,16H,7,10-11H2,2-5H3;1,8-9,11,13,16H,7,10H2,2-5H3/b11-9+;13-9+;11-9+. The fourth-order valence-corrected chi connectivity index (χ4v) is 6.84. The molecular formula is C45H66O3. The molecule has 0 aliphatic heterocycles. The molecule has 3 aliphatic rings. The van der Waals surface area contributed by atoms with Crippen LogP contribution in [0, 0.1) is 59.2 Å². The van der Waals surface area contributed by atoms with E-state index in [1.165, 1.54) is 47.1 Å². The largest absolute Gasteiger partial charge is 0.378 e. The maximum atomic E-state index is 9.81. The van der Waals surface area contributed by atoms with Crippen LogP contribution < -0.4 is 0 Å². The van der Waals surface area contributed by atoms with E-state index in [2.05, 4.69) is 104 Å². The van der Waals surface area contributed by atoms with Crippen LogP contribution in [0.4, 0.5) is 0 Å². The number of rotatable bonds is 6. The summed E-state index contributed by atoms with van der Waals surface area (Å²) in [5.74, 6) is 7.53. The van der Waals surface area contributed by atoms with Crippen LogP contribution in [-0.2, 0) is 0 Å². The highest BCUT2D eigenvalue weighted by atomic mass is 16.3. The molecule has 264 valence electrons. The molecular weight excluding hydrogens is 588 g/mol. The van der Waals surface area contributed by atoms with Gasteiger partial charge in [-0.25, -0.2) is 0 Å². The van der Waals surface area contributed by atoms with Gasteiger partial charge >= 0.3 is 0 Å². The third-order valence-corrected chi connectivity index (χ3v) is 10.3. The van der Waals surface area contributed by atoms with E-state index in [0.717, 1.165) is 25.7 Å². The van der Waals surface area contributed by atoms with Gasteiger partial charge in [-0.15, -0.1) is 19.3 Å². The molecule has 0 bridgehead atoms. The van der Waals surface area contributed by atoms with Gasteiger partial charge in [0.05, 0.1) is 0 Å². The second kappa shape index (κ2) is 17.1. The van der Waals surface area contributed by atoms with E-state index in [-0.39, 0.29) is 16.2 Å². The number of hydrogen-bond donors (Lipinski definition) is 3. The molecule has 0 radical (unpaired) electrons. The summed E-state index contributed by atoms with van der Waals surface area (Å²) in [5.41, 5.74) is 4.12. The summed E-state index contributed by atoms with van der Waals surface area (Å²) in [7, 11) is 0. The first-order valence-corrected chi connectivity index (χ1v) is 17.6. The first kappa shape index (κ1) is 43.0. The summed E-state index contributed by atoms with van der Waals surface area (Å²) in [4.78, 5) is 0. The molecule has 3 heteroatoms. The third-order valence-electron chi connectivity index (χ3n) is 10.3. The summed E-state index contributed by atoms with van der Waals surface area (Å²) >= 11 is 0. The summed E-state index contributed by atoms with van der Waals surface area (Å²) in [6, 6.07) is 0. The summed E-state index contributed by atoms with van der Waals surface area (Å²) in [6.07, 6.45) is 38.7. The van der Waals surface area contributed by atoms with Gasteiger partial charge in [0.25, 0.3) is 0 Å². The van der Waals surface area contributed by atoms with Crippen LogP contribution in [0.3, 0.4) is 0 Å². The number of hydrogen-bond acceptors (Lipinski definition) is 3. The Hall–Kier alpha value is -3.00. The quantitative estimate of drug-likeness (QED) is 0.197. The first-order valence-electron chi connectivity index (χ1n) is 17.6. The van der Waals surface area contributed by atoms with Gasteiger partial charge in [0.2, 0.25) is 0 Å². The Kier molecular flexibility index (Phi) is 15.3. The van der Waals surface area contributed by atoms with E-state index in [9.17, 15) is 15.3 Å². The zero-order chi connectivity index (χ0) is 37.2. The van der Waals surface area contributed by atoms with Gasteiger partial charge in [-0.3, -0.25) is 0 Å². The summed E-state index contributed by atoms with van der Waals surface area (Å²) < 4.78 is 0. The molecule has 0 fully saturated rings. The van der Waals surface area contributed by atoms with Crippen LogP contribution in [0.1, 0.15) is 134 Å². The van der Waals surface area contributed by atoms with Crippen LogP contribution in [0.2, 0.25) is 0 Å². The van der Waals surface area contributed by atoms with Crippen molar-refractivity contribution in [1.29, 1.82) is 0 Å². The van der Waals surface area contributed by atoms with Gasteiger partial charge in [-0.1, -0.05) is 106 Å². The lowest BCUT2D eigenvalue weighted by atomic mass is 9.68. The fraction of sp³-hybridized carbons (Fsp3) is 0.600. The van der Waals surface area contributed by atoms with Crippen molar-refractivity contribution in [2.45, 2.75) is 151 Å². The maximum absolute atomic E-state index is 9.81. The lowest BCUT2D eigenvalue weighted by molar-refractivity contribution is 0.125. The third kappa shape index (κ3) is 13.5. The SMILES string of the molecule is C#CC(C)(O)/C=C/C1=C(C)CCCC1(C)C.C#CC(C)(O)/C=C/C1C(C)=CCCC1(C)C.C#CC(C)(O)C/C=C1\C(C)=CCCC1(C)C. The van der Waals surface area contributed by atoms with Crippen molar-refractivity contribution in [3.63, 3.8) is 0 Å². The minimum Gasteiger partial charge on any atom is -0.378 e. The van der Waals surface area contributed by atoms with E-state index < -0.39 is 16.8 Å². The molecule has 0 aromatic rings. The Bertz CT molecular complexity index is 1420. The van der Waals surface area contributed by atoms with E-state index in [0.29, 0.717) is 12.3 Å². The normalized spacial score (nSPS) is 26.1. The topological polar surface area (TPSA) is 60.7 Å². The monoisotopic (exact) mass is 655 g/mol. The Morgan fingerprint density at radius 1 is 0.792 bits per heavy atom. The molecule has 0 saturated carbocycles. The second-order valence-electron chi connectivity index (χ2n) is 16.7. The van der Waals surface area contributed by atoms with Crippen molar-refractivity contribution in [3.8, 4) is 37.0 Å². The fourth-order valence-electron chi connectivity index (χ4n) is 6.84. The average molecular weight is 655 g/mol. The highest BCUT2D eigenvalue weighted by Gasteiger charge is 2.32. The van der Waals surface area contributed by atoms with Crippen LogP contribution in [0.15, 0.2) is 70.4 Å². The second-order valence-corrected chi connectivity index (χ2v) is 16.7. The minimum absolute atomic E-state index is 0.198. The highest BCUT2D eigenvalue weighted by Crippen LogP contribution is 2.43. The zero-order valence-electron chi connectivity index (χ0n) is 32.3. The Balaban J connectivity index is 0.000000360. The van der Waals surface area contributed by atoms with Gasteiger partial charge in [0, 0.05) is 12.3 Å². The summed E-state index contributed by atoms with van der Waals surface area (Å²) in [6.45, 7) is 24.9. The molecule has 3 nitrogen and oxygen atoms in total. The molecule has 48 heavy (non-hydrogen) atoms. The molecule has 0 spiro atoms. The molecule has 3 N–H and O–H groups in total. The van der Waals surface area contributed by atoms with Crippen LogP contribution in [-0.4, -0.2) is 32.1 Å². The van der Waals surface area contributed by atoms with Crippen LogP contribution >= 0.6 is 0 Å². The van der Waals surface area contributed by atoms with Gasteiger partial charge < -0.3 is 15.3 Å². The van der Waals surface area contributed by atoms with Gasteiger partial charge in [-0.2, -0.15) is 0 Å². The van der Waals surface area contributed by atoms with Crippen molar-refractivity contribution in [2.24, 2.45) is 22.2 Å². The first-order chi connectivity index (χ1) is 21.9. The lowest BCUT2D eigenvalue weighted by Crippen LogP contribution is -2.27. The maximum Gasteiger partial charge on any atom is 0.141 e. The molecule has 3 rings (SSSR count). The van der Waals surface area contributed by atoms with Crippen molar-refractivity contribution < 1.29 is 15.3 Å².